The summed E-state index contributed by atoms with van der Waals surface area (Å²) in [6, 6.07) is 6.58. The molecule has 24 heavy (non-hydrogen) atoms. The number of thiocarbonyl (C=S) groups is 2. The van der Waals surface area contributed by atoms with Gasteiger partial charge in [-0.25, -0.2) is 4.39 Å². The molecule has 4 N–H and O–H groups in total. The molecular formula is C17H27FN4S2. The van der Waals surface area contributed by atoms with Crippen molar-refractivity contribution in [2.75, 3.05) is 0 Å². The summed E-state index contributed by atoms with van der Waals surface area (Å²) in [6.07, 6.45) is 3.48. The Kier molecular flexibility index (Phi) is 9.56. The Morgan fingerprint density at radius 2 is 1.62 bits per heavy atom. The minimum absolute atomic E-state index is 0.250. The van der Waals surface area contributed by atoms with E-state index in [9.17, 15) is 4.39 Å². The lowest BCUT2D eigenvalue weighted by Gasteiger charge is -2.18. The van der Waals surface area contributed by atoms with Gasteiger partial charge in [-0.2, -0.15) is 0 Å². The molecule has 0 saturated carbocycles. The van der Waals surface area contributed by atoms with E-state index in [-0.39, 0.29) is 5.82 Å². The van der Waals surface area contributed by atoms with Crippen molar-refractivity contribution in [3.63, 3.8) is 0 Å². The SMILES string of the molecule is CC(C)CCC[C@H](C)NC(=S)NNC(=S)NCc1ccc(F)cc1. The Bertz CT molecular complexity index is 520. The van der Waals surface area contributed by atoms with Crippen molar-refractivity contribution in [1.29, 1.82) is 0 Å². The molecule has 0 aromatic heterocycles. The number of halogens is 1. The molecular weight excluding hydrogens is 343 g/mol. The highest BCUT2D eigenvalue weighted by atomic mass is 32.1. The fraction of sp³-hybridized carbons (Fsp3) is 0.529. The van der Waals surface area contributed by atoms with Gasteiger partial charge in [-0.3, -0.25) is 10.9 Å². The Hall–Kier alpha value is -1.47. The number of rotatable bonds is 7. The van der Waals surface area contributed by atoms with Crippen LogP contribution in [0.1, 0.15) is 45.6 Å². The first-order valence-electron chi connectivity index (χ1n) is 8.21. The summed E-state index contributed by atoms with van der Waals surface area (Å²) in [4.78, 5) is 0. The number of hydrogen-bond donors (Lipinski definition) is 4. The third-order valence-corrected chi connectivity index (χ3v) is 3.92. The highest BCUT2D eigenvalue weighted by molar-refractivity contribution is 7.80. The highest BCUT2D eigenvalue weighted by Crippen LogP contribution is 2.08. The van der Waals surface area contributed by atoms with Crippen LogP contribution in [0.25, 0.3) is 0 Å². The van der Waals surface area contributed by atoms with Crippen LogP contribution in [0.4, 0.5) is 4.39 Å². The normalized spacial score (nSPS) is 11.7. The molecule has 134 valence electrons. The van der Waals surface area contributed by atoms with Crippen molar-refractivity contribution >= 4 is 34.7 Å². The molecule has 1 rings (SSSR count). The third kappa shape index (κ3) is 9.62. The summed E-state index contributed by atoms with van der Waals surface area (Å²) < 4.78 is 12.8. The molecule has 0 bridgehead atoms. The Morgan fingerprint density at radius 1 is 1.00 bits per heavy atom. The van der Waals surface area contributed by atoms with Gasteiger partial charge in [0, 0.05) is 12.6 Å². The Labute approximate surface area is 154 Å². The van der Waals surface area contributed by atoms with Gasteiger partial charge in [0.2, 0.25) is 0 Å². The molecule has 0 spiro atoms. The monoisotopic (exact) mass is 370 g/mol. The maximum atomic E-state index is 12.8. The van der Waals surface area contributed by atoms with Gasteiger partial charge in [0.15, 0.2) is 10.2 Å². The van der Waals surface area contributed by atoms with Crippen LogP contribution in [0.3, 0.4) is 0 Å². The maximum Gasteiger partial charge on any atom is 0.185 e. The van der Waals surface area contributed by atoms with Gasteiger partial charge in [0.05, 0.1) is 0 Å². The smallest absolute Gasteiger partial charge is 0.185 e. The Morgan fingerprint density at radius 3 is 2.25 bits per heavy atom. The van der Waals surface area contributed by atoms with Crippen LogP contribution in [0.15, 0.2) is 24.3 Å². The van der Waals surface area contributed by atoms with Gasteiger partial charge in [-0.05, 0) is 61.4 Å². The van der Waals surface area contributed by atoms with E-state index < -0.39 is 0 Å². The van der Waals surface area contributed by atoms with Crippen LogP contribution >= 0.6 is 24.4 Å². The molecule has 0 amide bonds. The topological polar surface area (TPSA) is 48.1 Å². The quantitative estimate of drug-likeness (QED) is 0.436. The average molecular weight is 371 g/mol. The first-order valence-corrected chi connectivity index (χ1v) is 9.03. The predicted molar refractivity (Wildman–Crippen MR) is 106 cm³/mol. The van der Waals surface area contributed by atoms with E-state index in [2.05, 4.69) is 42.3 Å². The van der Waals surface area contributed by atoms with Gasteiger partial charge < -0.3 is 10.6 Å². The van der Waals surface area contributed by atoms with Crippen LogP contribution in [0, 0.1) is 11.7 Å². The van der Waals surface area contributed by atoms with E-state index in [1.165, 1.54) is 25.0 Å². The second-order valence-electron chi connectivity index (χ2n) is 6.26. The van der Waals surface area contributed by atoms with Gasteiger partial charge in [0.1, 0.15) is 5.82 Å². The highest BCUT2D eigenvalue weighted by Gasteiger charge is 2.05. The first kappa shape index (κ1) is 20.6. The molecule has 0 aliphatic rings. The molecule has 4 nitrogen and oxygen atoms in total. The van der Waals surface area contributed by atoms with Crippen molar-refractivity contribution in [2.45, 2.75) is 52.6 Å². The van der Waals surface area contributed by atoms with Gasteiger partial charge in [-0.15, -0.1) is 0 Å². The molecule has 0 saturated heterocycles. The second-order valence-corrected chi connectivity index (χ2v) is 7.07. The number of benzene rings is 1. The second kappa shape index (κ2) is 11.1. The van der Waals surface area contributed by atoms with Crippen LogP contribution < -0.4 is 21.5 Å². The summed E-state index contributed by atoms with van der Waals surface area (Å²) in [5.41, 5.74) is 6.65. The van der Waals surface area contributed by atoms with E-state index in [0.29, 0.717) is 22.8 Å². The first-order chi connectivity index (χ1) is 11.4. The van der Waals surface area contributed by atoms with Gasteiger partial charge >= 0.3 is 0 Å². The maximum absolute atomic E-state index is 12.8. The molecule has 1 aromatic rings. The Balaban J connectivity index is 2.16. The zero-order valence-electron chi connectivity index (χ0n) is 14.5. The van der Waals surface area contributed by atoms with Crippen molar-refractivity contribution in [2.24, 2.45) is 5.92 Å². The lowest BCUT2D eigenvalue weighted by atomic mass is 10.0. The van der Waals surface area contributed by atoms with Crippen molar-refractivity contribution < 1.29 is 4.39 Å². The summed E-state index contributed by atoms with van der Waals surface area (Å²) in [7, 11) is 0. The van der Waals surface area contributed by atoms with E-state index in [4.69, 9.17) is 24.4 Å². The van der Waals surface area contributed by atoms with Crippen LogP contribution in [-0.2, 0) is 6.54 Å². The molecule has 1 atom stereocenters. The molecule has 7 heteroatoms. The fourth-order valence-electron chi connectivity index (χ4n) is 2.11. The fourth-order valence-corrected chi connectivity index (χ4v) is 2.48. The standard InChI is InChI=1S/C17H27FN4S2/c1-12(2)5-4-6-13(3)20-17(24)22-21-16(23)19-11-14-7-9-15(18)10-8-14/h7-10,12-13H,4-6,11H2,1-3H3,(H2,19,21,23)(H2,20,22,24)/t13-/m0/s1. The van der Waals surface area contributed by atoms with Crippen LogP contribution in [0.2, 0.25) is 0 Å². The van der Waals surface area contributed by atoms with E-state index in [1.807, 2.05) is 0 Å². The van der Waals surface area contributed by atoms with E-state index in [1.54, 1.807) is 12.1 Å². The number of hydrogen-bond acceptors (Lipinski definition) is 2. The van der Waals surface area contributed by atoms with E-state index in [0.717, 1.165) is 17.9 Å². The average Bonchev–Trinajstić information content (AvgIpc) is 2.52. The zero-order valence-corrected chi connectivity index (χ0v) is 16.1. The molecule has 0 fully saturated rings. The summed E-state index contributed by atoms with van der Waals surface area (Å²) in [6.45, 7) is 7.08. The number of hydrazine groups is 1. The number of nitrogens with one attached hydrogen (secondary N) is 4. The molecule has 1 aromatic carbocycles. The molecule has 0 unspecified atom stereocenters. The lowest BCUT2D eigenvalue weighted by molar-refractivity contribution is 0.492. The van der Waals surface area contributed by atoms with Crippen LogP contribution in [-0.4, -0.2) is 16.3 Å². The summed E-state index contributed by atoms with van der Waals surface area (Å²) in [5.74, 6) is 0.480. The van der Waals surface area contributed by atoms with Crippen molar-refractivity contribution in [3.05, 3.63) is 35.6 Å². The third-order valence-electron chi connectivity index (χ3n) is 3.45. The largest absolute Gasteiger partial charge is 0.359 e. The summed E-state index contributed by atoms with van der Waals surface area (Å²) in [5, 5.41) is 7.18. The van der Waals surface area contributed by atoms with Crippen LogP contribution in [0.5, 0.6) is 0 Å². The van der Waals surface area contributed by atoms with Gasteiger partial charge in [-0.1, -0.05) is 38.8 Å². The predicted octanol–water partition coefficient (Wildman–Crippen LogP) is 3.38. The minimum Gasteiger partial charge on any atom is -0.359 e. The molecule has 0 heterocycles. The van der Waals surface area contributed by atoms with Crippen molar-refractivity contribution in [1.82, 2.24) is 21.5 Å². The molecule has 0 aliphatic carbocycles. The van der Waals surface area contributed by atoms with E-state index >= 15 is 0 Å². The summed E-state index contributed by atoms with van der Waals surface area (Å²) >= 11 is 10.4. The minimum atomic E-state index is -0.250. The lowest BCUT2D eigenvalue weighted by Crippen LogP contribution is -2.51. The molecule has 0 radical (unpaired) electrons. The van der Waals surface area contributed by atoms with Crippen molar-refractivity contribution in [3.8, 4) is 0 Å². The molecule has 0 aliphatic heterocycles. The van der Waals surface area contributed by atoms with Gasteiger partial charge in [0.25, 0.3) is 0 Å². The zero-order chi connectivity index (χ0) is 17.9.